The van der Waals surface area contributed by atoms with Crippen LogP contribution in [0.15, 0.2) is 28.9 Å². The van der Waals surface area contributed by atoms with Gasteiger partial charge in [0.15, 0.2) is 0 Å². The summed E-state index contributed by atoms with van der Waals surface area (Å²) in [5.74, 6) is 0.431. The van der Waals surface area contributed by atoms with E-state index < -0.39 is 37.3 Å². The summed E-state index contributed by atoms with van der Waals surface area (Å²) in [4.78, 5) is 3.02. The molecular weight excluding hydrogens is 358 g/mol. The second kappa shape index (κ2) is 6.15. The van der Waals surface area contributed by atoms with Crippen LogP contribution in [0.1, 0.15) is 0 Å². The Labute approximate surface area is 134 Å². The van der Waals surface area contributed by atoms with Crippen LogP contribution in [0, 0.1) is 0 Å². The molecule has 7 nitrogen and oxygen atoms in total. The maximum Gasteiger partial charge on any atom is 0.229 e. The van der Waals surface area contributed by atoms with Gasteiger partial charge in [-0.1, -0.05) is 15.9 Å². The van der Waals surface area contributed by atoms with Crippen LogP contribution in [-0.2, 0) is 4.74 Å². The first kappa shape index (κ1) is 15.7. The maximum absolute atomic E-state index is 9.99. The smallest absolute Gasteiger partial charge is 0.229 e. The zero-order valence-electron chi connectivity index (χ0n) is 11.4. The van der Waals surface area contributed by atoms with Crippen LogP contribution in [0.5, 0.6) is 5.75 Å². The number of aliphatic hydroxyl groups excluding tert-OH is 4. The topological polar surface area (TPSA) is 115 Å². The van der Waals surface area contributed by atoms with Crippen molar-refractivity contribution in [1.82, 2.24) is 4.98 Å². The first-order chi connectivity index (χ1) is 10.5. The molecule has 0 spiro atoms. The third-order valence-corrected chi connectivity index (χ3v) is 4.19. The first-order valence-electron chi connectivity index (χ1n) is 6.75. The van der Waals surface area contributed by atoms with Crippen molar-refractivity contribution in [2.45, 2.75) is 30.7 Å². The SMILES string of the molecule is OC[C@@H]1O[C@@H](Oc2c[nH]c3ccc(Br)cc23)[C@H](O)[C@H](O)[C@H]1O. The highest BCUT2D eigenvalue weighted by atomic mass is 79.9. The van der Waals surface area contributed by atoms with Gasteiger partial charge in [-0.25, -0.2) is 0 Å². The molecule has 2 heterocycles. The molecule has 0 unspecified atom stereocenters. The molecule has 8 heteroatoms. The van der Waals surface area contributed by atoms with E-state index in [-0.39, 0.29) is 0 Å². The fourth-order valence-electron chi connectivity index (χ4n) is 2.45. The Balaban J connectivity index is 1.85. The number of H-pyrrole nitrogens is 1. The van der Waals surface area contributed by atoms with Gasteiger partial charge in [0.2, 0.25) is 6.29 Å². The molecule has 1 fully saturated rings. The fraction of sp³-hybridized carbons (Fsp3) is 0.429. The van der Waals surface area contributed by atoms with Gasteiger partial charge in [-0.2, -0.15) is 0 Å². The van der Waals surface area contributed by atoms with Crippen molar-refractivity contribution in [3.05, 3.63) is 28.9 Å². The predicted octanol–water partition coefficient (Wildman–Crippen LogP) is 0.109. The summed E-state index contributed by atoms with van der Waals surface area (Å²) in [5, 5.41) is 39.4. The molecule has 1 saturated heterocycles. The van der Waals surface area contributed by atoms with Gasteiger partial charge in [0.05, 0.1) is 6.61 Å². The van der Waals surface area contributed by atoms with Gasteiger partial charge in [0, 0.05) is 21.6 Å². The van der Waals surface area contributed by atoms with Crippen molar-refractivity contribution in [1.29, 1.82) is 0 Å². The molecule has 3 rings (SSSR count). The minimum Gasteiger partial charge on any atom is -0.460 e. The molecule has 1 aliphatic rings. The summed E-state index contributed by atoms with van der Waals surface area (Å²) in [6.07, 6.45) is -4.90. The van der Waals surface area contributed by atoms with E-state index in [9.17, 15) is 20.4 Å². The lowest BCUT2D eigenvalue weighted by Gasteiger charge is -2.39. The summed E-state index contributed by atoms with van der Waals surface area (Å²) in [6.45, 7) is -0.496. The number of benzene rings is 1. The molecule has 0 radical (unpaired) electrons. The Hall–Kier alpha value is -1.16. The first-order valence-corrected chi connectivity index (χ1v) is 7.54. The molecule has 1 aromatic heterocycles. The number of fused-ring (bicyclic) bond motifs is 1. The third-order valence-electron chi connectivity index (χ3n) is 3.70. The number of aliphatic hydroxyl groups is 4. The van der Waals surface area contributed by atoms with Crippen molar-refractivity contribution in [2.75, 3.05) is 6.61 Å². The molecule has 0 aliphatic carbocycles. The van der Waals surface area contributed by atoms with Crippen LogP contribution in [-0.4, -0.2) is 62.7 Å². The van der Waals surface area contributed by atoms with Crippen LogP contribution in [0.2, 0.25) is 0 Å². The van der Waals surface area contributed by atoms with Crippen molar-refractivity contribution >= 4 is 26.8 Å². The van der Waals surface area contributed by atoms with Crippen LogP contribution in [0.25, 0.3) is 10.9 Å². The van der Waals surface area contributed by atoms with Gasteiger partial charge in [-0.15, -0.1) is 0 Å². The number of ether oxygens (including phenoxy) is 2. The van der Waals surface area contributed by atoms with Crippen molar-refractivity contribution < 1.29 is 29.9 Å². The average molecular weight is 374 g/mol. The van der Waals surface area contributed by atoms with E-state index in [1.807, 2.05) is 18.2 Å². The number of aromatic amines is 1. The van der Waals surface area contributed by atoms with Gasteiger partial charge in [-0.05, 0) is 18.2 Å². The minimum atomic E-state index is -1.46. The number of hydrogen-bond donors (Lipinski definition) is 5. The zero-order valence-corrected chi connectivity index (χ0v) is 13.0. The molecule has 1 aromatic carbocycles. The molecule has 5 N–H and O–H groups in total. The average Bonchev–Trinajstić information content (AvgIpc) is 2.90. The normalized spacial score (nSPS) is 32.3. The molecule has 0 saturated carbocycles. The quantitative estimate of drug-likeness (QED) is 0.521. The Kier molecular flexibility index (Phi) is 4.40. The summed E-state index contributed by atoms with van der Waals surface area (Å²) < 4.78 is 11.8. The van der Waals surface area contributed by atoms with Crippen molar-refractivity contribution in [3.8, 4) is 5.75 Å². The van der Waals surface area contributed by atoms with Gasteiger partial charge >= 0.3 is 0 Å². The van der Waals surface area contributed by atoms with E-state index in [4.69, 9.17) is 9.47 Å². The number of aromatic nitrogens is 1. The maximum atomic E-state index is 9.99. The van der Waals surface area contributed by atoms with E-state index in [2.05, 4.69) is 20.9 Å². The minimum absolute atomic E-state index is 0.431. The molecule has 1 aliphatic heterocycles. The Morgan fingerprint density at radius 1 is 1.18 bits per heavy atom. The molecule has 0 bridgehead atoms. The van der Waals surface area contributed by atoms with Gasteiger partial charge < -0.3 is 34.9 Å². The molecule has 22 heavy (non-hydrogen) atoms. The number of rotatable bonds is 3. The van der Waals surface area contributed by atoms with E-state index in [0.717, 1.165) is 15.4 Å². The van der Waals surface area contributed by atoms with Gasteiger partial charge in [-0.3, -0.25) is 0 Å². The lowest BCUT2D eigenvalue weighted by atomic mass is 9.99. The van der Waals surface area contributed by atoms with Crippen molar-refractivity contribution in [3.63, 3.8) is 0 Å². The highest BCUT2D eigenvalue weighted by Gasteiger charge is 2.44. The second-order valence-electron chi connectivity index (χ2n) is 5.16. The van der Waals surface area contributed by atoms with Gasteiger partial charge in [0.25, 0.3) is 0 Å². The highest BCUT2D eigenvalue weighted by Crippen LogP contribution is 2.31. The third kappa shape index (κ3) is 2.73. The van der Waals surface area contributed by atoms with Crippen LogP contribution in [0.4, 0.5) is 0 Å². The zero-order chi connectivity index (χ0) is 15.9. The molecule has 5 atom stereocenters. The Morgan fingerprint density at radius 3 is 2.68 bits per heavy atom. The van der Waals surface area contributed by atoms with Crippen LogP contribution in [0.3, 0.4) is 0 Å². The van der Waals surface area contributed by atoms with E-state index >= 15 is 0 Å². The van der Waals surface area contributed by atoms with Crippen LogP contribution < -0.4 is 4.74 Å². The lowest BCUT2D eigenvalue weighted by molar-refractivity contribution is -0.277. The predicted molar refractivity (Wildman–Crippen MR) is 80.4 cm³/mol. The Bertz CT molecular complexity index is 660. The molecule has 0 amide bonds. The van der Waals surface area contributed by atoms with Crippen molar-refractivity contribution in [2.24, 2.45) is 0 Å². The molecule has 2 aromatic rings. The van der Waals surface area contributed by atoms with E-state index in [1.54, 1.807) is 6.20 Å². The largest absolute Gasteiger partial charge is 0.460 e. The number of hydrogen-bond acceptors (Lipinski definition) is 6. The summed E-state index contributed by atoms with van der Waals surface area (Å²) in [6, 6.07) is 5.57. The monoisotopic (exact) mass is 373 g/mol. The lowest BCUT2D eigenvalue weighted by Crippen LogP contribution is -2.60. The molecular formula is C14H16BrNO6. The fourth-order valence-corrected chi connectivity index (χ4v) is 2.82. The standard InChI is InChI=1S/C14H16BrNO6/c15-6-1-2-8-7(3-6)9(4-16-8)21-14-13(20)12(19)11(18)10(5-17)22-14/h1-4,10-14,16-20H,5H2/t10-,11-,12+,13+,14+/m0/s1. The van der Waals surface area contributed by atoms with E-state index in [0.29, 0.717) is 5.75 Å². The Morgan fingerprint density at radius 2 is 1.95 bits per heavy atom. The molecule has 120 valence electrons. The summed E-state index contributed by atoms with van der Waals surface area (Å²) in [7, 11) is 0. The highest BCUT2D eigenvalue weighted by molar-refractivity contribution is 9.10. The number of halogens is 1. The van der Waals surface area contributed by atoms with Crippen LogP contribution >= 0.6 is 15.9 Å². The van der Waals surface area contributed by atoms with Gasteiger partial charge in [0.1, 0.15) is 30.2 Å². The number of nitrogens with one attached hydrogen (secondary N) is 1. The summed E-state index contributed by atoms with van der Waals surface area (Å²) >= 11 is 3.37. The van der Waals surface area contributed by atoms with E-state index in [1.165, 1.54) is 0 Å². The second-order valence-corrected chi connectivity index (χ2v) is 6.07. The summed E-state index contributed by atoms with van der Waals surface area (Å²) in [5.41, 5.74) is 0.836.